The van der Waals surface area contributed by atoms with Crippen LogP contribution in [0.3, 0.4) is 0 Å². The molecule has 0 heterocycles. The van der Waals surface area contributed by atoms with Crippen LogP contribution in [0.5, 0.6) is 11.5 Å². The van der Waals surface area contributed by atoms with Crippen LogP contribution in [0.15, 0.2) is 18.2 Å². The van der Waals surface area contributed by atoms with Crippen LogP contribution in [0.4, 0.5) is 0 Å². The average Bonchev–Trinajstić information content (AvgIpc) is 2.39. The second kappa shape index (κ2) is 8.05. The number of hydrogen-bond acceptors (Lipinski definition) is 3. The Balaban J connectivity index is 2.67. The van der Waals surface area contributed by atoms with Crippen molar-refractivity contribution in [2.24, 2.45) is 5.92 Å². The SMILES string of the molecule is CC[C@@H](C)Oc1ccc(CNCC(C)C)cc1OC. The molecule has 0 radical (unpaired) electrons. The van der Waals surface area contributed by atoms with Gasteiger partial charge in [-0.15, -0.1) is 0 Å². The highest BCUT2D eigenvalue weighted by Gasteiger charge is 2.08. The molecule has 1 rings (SSSR count). The van der Waals surface area contributed by atoms with Gasteiger partial charge in [-0.3, -0.25) is 0 Å². The van der Waals surface area contributed by atoms with E-state index < -0.39 is 0 Å². The summed E-state index contributed by atoms with van der Waals surface area (Å²) in [5, 5.41) is 3.43. The highest BCUT2D eigenvalue weighted by molar-refractivity contribution is 5.43. The summed E-state index contributed by atoms with van der Waals surface area (Å²) in [7, 11) is 1.68. The van der Waals surface area contributed by atoms with E-state index in [9.17, 15) is 0 Å². The molecule has 0 fully saturated rings. The molecular weight excluding hydrogens is 238 g/mol. The van der Waals surface area contributed by atoms with E-state index in [1.54, 1.807) is 7.11 Å². The number of benzene rings is 1. The highest BCUT2D eigenvalue weighted by atomic mass is 16.5. The van der Waals surface area contributed by atoms with Crippen LogP contribution in [-0.2, 0) is 6.54 Å². The maximum absolute atomic E-state index is 5.84. The average molecular weight is 265 g/mol. The molecule has 1 atom stereocenters. The van der Waals surface area contributed by atoms with Crippen LogP contribution >= 0.6 is 0 Å². The lowest BCUT2D eigenvalue weighted by Gasteiger charge is -2.16. The summed E-state index contributed by atoms with van der Waals surface area (Å²) in [5.74, 6) is 2.29. The zero-order chi connectivity index (χ0) is 14.3. The van der Waals surface area contributed by atoms with Gasteiger partial charge in [0.1, 0.15) is 0 Å². The standard InChI is InChI=1S/C16H27NO2/c1-6-13(4)19-15-8-7-14(9-16(15)18-5)11-17-10-12(2)3/h7-9,12-13,17H,6,10-11H2,1-5H3/t13-/m1/s1. The lowest BCUT2D eigenvalue weighted by atomic mass is 10.1. The second-order valence-electron chi connectivity index (χ2n) is 5.35. The molecular formula is C16H27NO2. The normalized spacial score (nSPS) is 12.5. The van der Waals surface area contributed by atoms with Gasteiger partial charge >= 0.3 is 0 Å². The minimum absolute atomic E-state index is 0.207. The Kier molecular flexibility index (Phi) is 6.71. The number of methoxy groups -OCH3 is 1. The molecule has 0 aromatic heterocycles. The molecule has 0 amide bonds. The molecule has 0 unspecified atom stereocenters. The maximum Gasteiger partial charge on any atom is 0.161 e. The first-order valence-electron chi connectivity index (χ1n) is 7.11. The molecule has 0 aliphatic rings. The molecule has 0 spiro atoms. The van der Waals surface area contributed by atoms with E-state index in [0.29, 0.717) is 5.92 Å². The summed E-state index contributed by atoms with van der Waals surface area (Å²) >= 11 is 0. The fraction of sp³-hybridized carbons (Fsp3) is 0.625. The van der Waals surface area contributed by atoms with E-state index in [2.05, 4.69) is 39.1 Å². The molecule has 3 nitrogen and oxygen atoms in total. The van der Waals surface area contributed by atoms with Crippen molar-refractivity contribution in [3.05, 3.63) is 23.8 Å². The molecule has 1 N–H and O–H groups in total. The molecule has 1 aromatic carbocycles. The van der Waals surface area contributed by atoms with Gasteiger partial charge in [0.2, 0.25) is 0 Å². The Morgan fingerprint density at radius 3 is 2.47 bits per heavy atom. The van der Waals surface area contributed by atoms with Gasteiger partial charge in [-0.1, -0.05) is 26.8 Å². The van der Waals surface area contributed by atoms with Crippen molar-refractivity contribution < 1.29 is 9.47 Å². The third-order valence-electron chi connectivity index (χ3n) is 3.01. The number of nitrogens with one attached hydrogen (secondary N) is 1. The van der Waals surface area contributed by atoms with E-state index >= 15 is 0 Å². The van der Waals surface area contributed by atoms with E-state index in [-0.39, 0.29) is 6.10 Å². The summed E-state index contributed by atoms with van der Waals surface area (Å²) in [6.45, 7) is 10.5. The molecule has 0 saturated heterocycles. The van der Waals surface area contributed by atoms with Gasteiger partial charge in [0.25, 0.3) is 0 Å². The second-order valence-corrected chi connectivity index (χ2v) is 5.35. The van der Waals surface area contributed by atoms with Crippen LogP contribution < -0.4 is 14.8 Å². The van der Waals surface area contributed by atoms with Crippen LogP contribution in [0.25, 0.3) is 0 Å². The monoisotopic (exact) mass is 265 g/mol. The highest BCUT2D eigenvalue weighted by Crippen LogP contribution is 2.29. The first-order chi connectivity index (χ1) is 9.06. The van der Waals surface area contributed by atoms with Crippen LogP contribution in [0, 0.1) is 5.92 Å². The van der Waals surface area contributed by atoms with Crippen molar-refractivity contribution in [1.29, 1.82) is 0 Å². The predicted molar refractivity (Wildman–Crippen MR) is 79.9 cm³/mol. The molecule has 108 valence electrons. The zero-order valence-electron chi connectivity index (χ0n) is 12.8. The van der Waals surface area contributed by atoms with Crippen molar-refractivity contribution in [2.45, 2.75) is 46.8 Å². The molecule has 0 aliphatic carbocycles. The lowest BCUT2D eigenvalue weighted by Crippen LogP contribution is -2.19. The smallest absolute Gasteiger partial charge is 0.161 e. The van der Waals surface area contributed by atoms with Gasteiger partial charge in [0.15, 0.2) is 11.5 Å². The Bertz CT molecular complexity index is 377. The van der Waals surface area contributed by atoms with Gasteiger partial charge in [-0.25, -0.2) is 0 Å². The Hall–Kier alpha value is -1.22. The topological polar surface area (TPSA) is 30.5 Å². The van der Waals surface area contributed by atoms with Gasteiger partial charge < -0.3 is 14.8 Å². The lowest BCUT2D eigenvalue weighted by molar-refractivity contribution is 0.207. The van der Waals surface area contributed by atoms with Crippen LogP contribution in [0.1, 0.15) is 39.7 Å². The zero-order valence-corrected chi connectivity index (χ0v) is 12.8. The van der Waals surface area contributed by atoms with Crippen molar-refractivity contribution in [2.75, 3.05) is 13.7 Å². The van der Waals surface area contributed by atoms with E-state index in [0.717, 1.165) is 31.0 Å². The summed E-state index contributed by atoms with van der Waals surface area (Å²) in [6, 6.07) is 6.13. The largest absolute Gasteiger partial charge is 0.493 e. The quantitative estimate of drug-likeness (QED) is 0.778. The van der Waals surface area contributed by atoms with Crippen molar-refractivity contribution >= 4 is 0 Å². The van der Waals surface area contributed by atoms with E-state index in [1.807, 2.05) is 12.1 Å². The maximum atomic E-state index is 5.84. The van der Waals surface area contributed by atoms with Gasteiger partial charge in [-0.2, -0.15) is 0 Å². The molecule has 19 heavy (non-hydrogen) atoms. The third-order valence-corrected chi connectivity index (χ3v) is 3.01. The van der Waals surface area contributed by atoms with E-state index in [1.165, 1.54) is 5.56 Å². The van der Waals surface area contributed by atoms with Gasteiger partial charge in [0, 0.05) is 6.54 Å². The third kappa shape index (κ3) is 5.52. The Labute approximate surface area is 117 Å². The molecule has 1 aromatic rings. The molecule has 0 bridgehead atoms. The van der Waals surface area contributed by atoms with Crippen molar-refractivity contribution in [3.8, 4) is 11.5 Å². The fourth-order valence-electron chi connectivity index (χ4n) is 1.72. The summed E-state index contributed by atoms with van der Waals surface area (Å²) in [4.78, 5) is 0. The van der Waals surface area contributed by atoms with Gasteiger partial charge in [0.05, 0.1) is 13.2 Å². The van der Waals surface area contributed by atoms with Crippen molar-refractivity contribution in [3.63, 3.8) is 0 Å². The first kappa shape index (κ1) is 15.8. The minimum atomic E-state index is 0.207. The van der Waals surface area contributed by atoms with Gasteiger partial charge in [-0.05, 0) is 43.5 Å². The Morgan fingerprint density at radius 1 is 1.16 bits per heavy atom. The number of rotatable bonds is 8. The van der Waals surface area contributed by atoms with Crippen LogP contribution in [0.2, 0.25) is 0 Å². The molecule has 3 heteroatoms. The first-order valence-corrected chi connectivity index (χ1v) is 7.11. The minimum Gasteiger partial charge on any atom is -0.493 e. The number of hydrogen-bond donors (Lipinski definition) is 1. The van der Waals surface area contributed by atoms with Crippen LogP contribution in [-0.4, -0.2) is 19.8 Å². The summed E-state index contributed by atoms with van der Waals surface area (Å²) in [5.41, 5.74) is 1.22. The fourth-order valence-corrected chi connectivity index (χ4v) is 1.72. The predicted octanol–water partition coefficient (Wildman–Crippen LogP) is 3.62. The Morgan fingerprint density at radius 2 is 1.89 bits per heavy atom. The number of ether oxygens (including phenoxy) is 2. The summed E-state index contributed by atoms with van der Waals surface area (Å²) in [6.07, 6.45) is 1.19. The summed E-state index contributed by atoms with van der Waals surface area (Å²) < 4.78 is 11.2. The molecule has 0 aliphatic heterocycles. The van der Waals surface area contributed by atoms with E-state index in [4.69, 9.17) is 9.47 Å². The molecule has 0 saturated carbocycles. The van der Waals surface area contributed by atoms with Crippen molar-refractivity contribution in [1.82, 2.24) is 5.32 Å².